The van der Waals surface area contributed by atoms with Gasteiger partial charge in [0.1, 0.15) is 11.5 Å². The fraction of sp³-hybridized carbons (Fsp3) is 0.185. The van der Waals surface area contributed by atoms with Gasteiger partial charge in [-0.3, -0.25) is 4.79 Å². The minimum Gasteiger partial charge on any atom is -0.497 e. The Labute approximate surface area is 197 Å². The van der Waals surface area contributed by atoms with Gasteiger partial charge in [-0.15, -0.1) is 0 Å². The van der Waals surface area contributed by atoms with Crippen molar-refractivity contribution in [2.75, 3.05) is 19.5 Å². The topological polar surface area (TPSA) is 83.7 Å². The number of aromatic amines is 1. The van der Waals surface area contributed by atoms with Gasteiger partial charge in [0.15, 0.2) is 0 Å². The number of hydrogen-bond donors (Lipinski definition) is 2. The number of ether oxygens (including phenoxy) is 2. The fourth-order valence-electron chi connectivity index (χ4n) is 3.74. The predicted octanol–water partition coefficient (Wildman–Crippen LogP) is 5.09. The first-order valence-corrected chi connectivity index (χ1v) is 10.9. The van der Waals surface area contributed by atoms with Gasteiger partial charge in [0.05, 0.1) is 26.5 Å². The van der Waals surface area contributed by atoms with Gasteiger partial charge >= 0.3 is 6.03 Å². The number of aryl methyl sites for hydroxylation is 1. The molecule has 0 bridgehead atoms. The van der Waals surface area contributed by atoms with Crippen molar-refractivity contribution in [3.63, 3.8) is 0 Å². The number of anilines is 1. The van der Waals surface area contributed by atoms with E-state index in [1.165, 1.54) is 0 Å². The molecule has 2 amide bonds. The summed E-state index contributed by atoms with van der Waals surface area (Å²) in [5, 5.41) is 3.75. The van der Waals surface area contributed by atoms with Crippen molar-refractivity contribution in [1.82, 2.24) is 9.88 Å². The lowest BCUT2D eigenvalue weighted by molar-refractivity contribution is 0.206. The summed E-state index contributed by atoms with van der Waals surface area (Å²) in [6.45, 7) is 2.47. The van der Waals surface area contributed by atoms with Crippen LogP contribution in [-0.2, 0) is 13.1 Å². The van der Waals surface area contributed by atoms with Crippen molar-refractivity contribution in [1.29, 1.82) is 0 Å². The van der Waals surface area contributed by atoms with E-state index in [4.69, 9.17) is 9.47 Å². The van der Waals surface area contributed by atoms with Crippen LogP contribution >= 0.6 is 0 Å². The highest BCUT2D eigenvalue weighted by atomic mass is 16.5. The fourth-order valence-corrected chi connectivity index (χ4v) is 3.74. The molecule has 0 aliphatic rings. The number of nitrogens with one attached hydrogen (secondary N) is 2. The van der Waals surface area contributed by atoms with E-state index >= 15 is 0 Å². The molecule has 0 aliphatic heterocycles. The van der Waals surface area contributed by atoms with Crippen molar-refractivity contribution in [2.45, 2.75) is 20.0 Å². The lowest BCUT2D eigenvalue weighted by Crippen LogP contribution is -2.35. The molecule has 0 saturated heterocycles. The molecule has 3 aromatic carbocycles. The highest BCUT2D eigenvalue weighted by Crippen LogP contribution is 2.24. The standard InChI is InChI=1S/C27H27N3O4/c1-18-8-10-19(11-9-18)16-30(27(32)29-24-6-4-5-7-25(24)34-3)17-21-14-20-15-22(33-2)12-13-23(20)28-26(21)31/h4-15H,16-17H2,1-3H3,(H,28,31)(H,29,32). The third kappa shape index (κ3) is 5.20. The highest BCUT2D eigenvalue weighted by Gasteiger charge is 2.18. The Hall–Kier alpha value is -4.26. The molecule has 4 rings (SSSR count). The summed E-state index contributed by atoms with van der Waals surface area (Å²) in [7, 11) is 3.15. The molecule has 0 spiro atoms. The average Bonchev–Trinajstić information content (AvgIpc) is 2.85. The summed E-state index contributed by atoms with van der Waals surface area (Å²) in [6.07, 6.45) is 0. The van der Waals surface area contributed by atoms with E-state index in [1.807, 2.05) is 49.4 Å². The Kier molecular flexibility index (Phi) is 6.82. The zero-order chi connectivity index (χ0) is 24.1. The number of urea groups is 1. The SMILES string of the molecule is COc1ccc2[nH]c(=O)c(CN(Cc3ccc(C)cc3)C(=O)Nc3ccccc3OC)cc2c1. The highest BCUT2D eigenvalue weighted by molar-refractivity contribution is 5.91. The average molecular weight is 458 g/mol. The number of pyridine rings is 1. The normalized spacial score (nSPS) is 10.7. The van der Waals surface area contributed by atoms with E-state index in [0.717, 1.165) is 16.5 Å². The summed E-state index contributed by atoms with van der Waals surface area (Å²) in [5.41, 5.74) is 3.59. The summed E-state index contributed by atoms with van der Waals surface area (Å²) in [4.78, 5) is 30.7. The molecule has 0 aliphatic carbocycles. The summed E-state index contributed by atoms with van der Waals surface area (Å²) >= 11 is 0. The Bertz CT molecular complexity index is 1360. The largest absolute Gasteiger partial charge is 0.497 e. The molecule has 1 heterocycles. The smallest absolute Gasteiger partial charge is 0.322 e. The second-order valence-corrected chi connectivity index (χ2v) is 8.05. The molecule has 7 nitrogen and oxygen atoms in total. The van der Waals surface area contributed by atoms with Crippen LogP contribution in [0, 0.1) is 6.92 Å². The number of aromatic nitrogens is 1. The maximum Gasteiger partial charge on any atom is 0.322 e. The second kappa shape index (κ2) is 10.1. The number of methoxy groups -OCH3 is 2. The van der Waals surface area contributed by atoms with E-state index in [0.29, 0.717) is 34.8 Å². The van der Waals surface area contributed by atoms with E-state index in [2.05, 4.69) is 10.3 Å². The molecule has 0 unspecified atom stereocenters. The monoisotopic (exact) mass is 457 g/mol. The number of benzene rings is 3. The van der Waals surface area contributed by atoms with Gasteiger partial charge < -0.3 is 24.7 Å². The number of nitrogens with zero attached hydrogens (tertiary/aromatic N) is 1. The molecular weight excluding hydrogens is 430 g/mol. The second-order valence-electron chi connectivity index (χ2n) is 8.05. The molecule has 174 valence electrons. The van der Waals surface area contributed by atoms with Gasteiger partial charge in [0, 0.05) is 23.0 Å². The molecule has 1 aromatic heterocycles. The van der Waals surface area contributed by atoms with Gasteiger partial charge in [0.2, 0.25) is 0 Å². The molecule has 0 saturated carbocycles. The van der Waals surface area contributed by atoms with Crippen molar-refractivity contribution >= 4 is 22.6 Å². The van der Waals surface area contributed by atoms with Gasteiger partial charge in [-0.2, -0.15) is 0 Å². The molecule has 0 radical (unpaired) electrons. The zero-order valence-electron chi connectivity index (χ0n) is 19.4. The van der Waals surface area contributed by atoms with Crippen LogP contribution in [0.4, 0.5) is 10.5 Å². The number of carbonyl (C=O) groups excluding carboxylic acids is 1. The summed E-state index contributed by atoms with van der Waals surface area (Å²) in [5.74, 6) is 1.25. The van der Waals surface area contributed by atoms with E-state index in [-0.39, 0.29) is 18.1 Å². The van der Waals surface area contributed by atoms with Crippen molar-refractivity contribution in [3.05, 3.63) is 99.8 Å². The Balaban J connectivity index is 1.67. The molecular formula is C27H27N3O4. The minimum absolute atomic E-state index is 0.122. The third-order valence-corrected chi connectivity index (χ3v) is 5.62. The van der Waals surface area contributed by atoms with E-state index < -0.39 is 0 Å². The van der Waals surface area contributed by atoms with Crippen molar-refractivity contribution in [3.8, 4) is 11.5 Å². The first-order valence-electron chi connectivity index (χ1n) is 10.9. The third-order valence-electron chi connectivity index (χ3n) is 5.62. The van der Waals surface area contributed by atoms with Crippen LogP contribution in [-0.4, -0.2) is 30.1 Å². The van der Waals surface area contributed by atoms with Crippen LogP contribution in [0.5, 0.6) is 11.5 Å². The van der Waals surface area contributed by atoms with Gasteiger partial charge in [-0.1, -0.05) is 42.0 Å². The van der Waals surface area contributed by atoms with Gasteiger partial charge in [-0.05, 0) is 48.9 Å². The number of hydrogen-bond acceptors (Lipinski definition) is 4. The Morgan fingerprint density at radius 3 is 2.44 bits per heavy atom. The van der Waals surface area contributed by atoms with Gasteiger partial charge in [-0.25, -0.2) is 4.79 Å². The molecule has 0 fully saturated rings. The molecule has 0 atom stereocenters. The van der Waals surface area contributed by atoms with Crippen LogP contribution < -0.4 is 20.3 Å². The Morgan fingerprint density at radius 2 is 1.71 bits per heavy atom. The summed E-state index contributed by atoms with van der Waals surface area (Å²) in [6, 6.07) is 22.1. The first kappa shape index (κ1) is 22.9. The summed E-state index contributed by atoms with van der Waals surface area (Å²) < 4.78 is 10.7. The zero-order valence-corrected chi connectivity index (χ0v) is 19.4. The molecule has 4 aromatic rings. The maximum absolute atomic E-state index is 13.4. The van der Waals surface area contributed by atoms with Crippen LogP contribution in [0.25, 0.3) is 10.9 Å². The van der Waals surface area contributed by atoms with Crippen molar-refractivity contribution in [2.24, 2.45) is 0 Å². The van der Waals surface area contributed by atoms with Crippen LogP contribution in [0.15, 0.2) is 77.6 Å². The maximum atomic E-state index is 13.4. The lowest BCUT2D eigenvalue weighted by atomic mass is 10.1. The van der Waals surface area contributed by atoms with Crippen LogP contribution in [0.1, 0.15) is 16.7 Å². The van der Waals surface area contributed by atoms with Crippen molar-refractivity contribution < 1.29 is 14.3 Å². The number of carbonyl (C=O) groups is 1. The van der Waals surface area contributed by atoms with Gasteiger partial charge in [0.25, 0.3) is 5.56 Å². The number of H-pyrrole nitrogens is 1. The minimum atomic E-state index is -0.338. The quantitative estimate of drug-likeness (QED) is 0.405. The van der Waals surface area contributed by atoms with Crippen LogP contribution in [0.3, 0.4) is 0 Å². The van der Waals surface area contributed by atoms with E-state index in [9.17, 15) is 9.59 Å². The predicted molar refractivity (Wildman–Crippen MR) is 134 cm³/mol. The number of rotatable bonds is 7. The molecule has 2 N–H and O–H groups in total. The number of para-hydroxylation sites is 2. The Morgan fingerprint density at radius 1 is 0.941 bits per heavy atom. The first-order chi connectivity index (χ1) is 16.5. The number of amides is 2. The molecule has 34 heavy (non-hydrogen) atoms. The molecule has 7 heteroatoms. The van der Waals surface area contributed by atoms with E-state index in [1.54, 1.807) is 49.5 Å². The van der Waals surface area contributed by atoms with Crippen LogP contribution in [0.2, 0.25) is 0 Å². The lowest BCUT2D eigenvalue weighted by Gasteiger charge is -2.24. The number of fused-ring (bicyclic) bond motifs is 1.